The number of rotatable bonds is 1. The molecule has 0 aromatic carbocycles. The number of halogens is 3. The number of likely N-dealkylation sites (tertiary alicyclic amines) is 1. The number of piperidine rings is 1. The lowest BCUT2D eigenvalue weighted by molar-refractivity contribution is -0.188. The van der Waals surface area contributed by atoms with Crippen molar-refractivity contribution in [2.24, 2.45) is 11.8 Å². The Bertz CT molecular complexity index is 385. The van der Waals surface area contributed by atoms with Crippen LogP contribution in [-0.4, -0.2) is 42.2 Å². The summed E-state index contributed by atoms with van der Waals surface area (Å²) in [7, 11) is 0. The topological polar surface area (TPSA) is 32.3 Å². The van der Waals surface area contributed by atoms with Crippen LogP contribution in [0.25, 0.3) is 0 Å². The number of hydrogen-bond acceptors (Lipinski definition) is 2. The normalized spacial score (nSPS) is 37.4. The molecule has 3 fully saturated rings. The van der Waals surface area contributed by atoms with Crippen LogP contribution >= 0.6 is 0 Å². The number of amides is 1. The summed E-state index contributed by atoms with van der Waals surface area (Å²) in [4.78, 5) is 14.0. The summed E-state index contributed by atoms with van der Waals surface area (Å²) in [5.41, 5.74) is 0. The highest BCUT2D eigenvalue weighted by Gasteiger charge is 2.45. The zero-order chi connectivity index (χ0) is 15.0. The Hall–Kier alpha value is -0.780. The second-order valence-electron chi connectivity index (χ2n) is 6.77. The van der Waals surface area contributed by atoms with Crippen molar-refractivity contribution in [2.75, 3.05) is 13.1 Å². The van der Waals surface area contributed by atoms with Crippen LogP contribution in [0.2, 0.25) is 0 Å². The van der Waals surface area contributed by atoms with E-state index in [1.54, 1.807) is 0 Å². The molecule has 0 aromatic rings. The van der Waals surface area contributed by atoms with Crippen molar-refractivity contribution >= 4 is 5.91 Å². The number of carbonyl (C=O) groups is 1. The molecule has 6 heteroatoms. The predicted octanol–water partition coefficient (Wildman–Crippen LogP) is 2.71. The molecule has 0 radical (unpaired) electrons. The fraction of sp³-hybridized carbons (Fsp3) is 0.933. The second-order valence-corrected chi connectivity index (χ2v) is 6.77. The summed E-state index contributed by atoms with van der Waals surface area (Å²) in [5.74, 6) is -0.923. The highest BCUT2D eigenvalue weighted by molar-refractivity contribution is 5.82. The summed E-state index contributed by atoms with van der Waals surface area (Å²) in [6, 6.07) is 0.140. The third-order valence-corrected chi connectivity index (χ3v) is 5.36. The summed E-state index contributed by atoms with van der Waals surface area (Å²) >= 11 is 0. The first-order valence-electron chi connectivity index (χ1n) is 8.06. The van der Waals surface area contributed by atoms with E-state index in [-0.39, 0.29) is 24.9 Å². The summed E-state index contributed by atoms with van der Waals surface area (Å²) < 4.78 is 38.5. The van der Waals surface area contributed by atoms with Gasteiger partial charge in [-0.3, -0.25) is 4.79 Å². The van der Waals surface area contributed by atoms with Gasteiger partial charge in [0.05, 0.1) is 12.0 Å². The second kappa shape index (κ2) is 5.78. The van der Waals surface area contributed by atoms with Gasteiger partial charge in [-0.2, -0.15) is 13.2 Å². The quantitative estimate of drug-likeness (QED) is 0.808. The first-order chi connectivity index (χ1) is 9.95. The molecular weight excluding hydrogens is 281 g/mol. The predicted molar refractivity (Wildman–Crippen MR) is 72.6 cm³/mol. The Labute approximate surface area is 123 Å². The Morgan fingerprint density at radius 3 is 2.57 bits per heavy atom. The van der Waals surface area contributed by atoms with Gasteiger partial charge in [0.25, 0.3) is 0 Å². The molecule has 1 N–H and O–H groups in total. The zero-order valence-corrected chi connectivity index (χ0v) is 12.2. The molecule has 0 aromatic heterocycles. The van der Waals surface area contributed by atoms with E-state index in [9.17, 15) is 18.0 Å². The molecule has 2 heterocycles. The van der Waals surface area contributed by atoms with Gasteiger partial charge in [0.1, 0.15) is 0 Å². The molecule has 2 saturated heterocycles. The van der Waals surface area contributed by atoms with Gasteiger partial charge in [-0.1, -0.05) is 12.8 Å². The third kappa shape index (κ3) is 3.20. The van der Waals surface area contributed by atoms with Gasteiger partial charge in [0.15, 0.2) is 0 Å². The number of alkyl halides is 3. The maximum atomic E-state index is 12.8. The van der Waals surface area contributed by atoms with Crippen LogP contribution in [-0.2, 0) is 4.79 Å². The molecule has 1 saturated carbocycles. The first-order valence-corrected chi connectivity index (χ1v) is 8.06. The monoisotopic (exact) mass is 304 g/mol. The number of fused-ring (bicyclic) bond motifs is 1. The van der Waals surface area contributed by atoms with E-state index in [1.165, 1.54) is 17.7 Å². The SMILES string of the molecule is O=C(C1CC2CCCCC2N1)N1CCCC(C(F)(F)F)C1. The standard InChI is InChI=1S/C15H23F3N2O/c16-15(17,18)11-5-3-7-20(9-11)14(21)13-8-10-4-1-2-6-12(10)19-13/h10-13,19H,1-9H2. The smallest absolute Gasteiger partial charge is 0.341 e. The third-order valence-electron chi connectivity index (χ3n) is 5.36. The van der Waals surface area contributed by atoms with Crippen molar-refractivity contribution in [2.45, 2.75) is 63.2 Å². The number of nitrogens with one attached hydrogen (secondary N) is 1. The van der Waals surface area contributed by atoms with E-state index in [4.69, 9.17) is 0 Å². The molecule has 0 bridgehead atoms. The van der Waals surface area contributed by atoms with Gasteiger partial charge < -0.3 is 10.2 Å². The minimum Gasteiger partial charge on any atom is -0.341 e. The number of hydrogen-bond donors (Lipinski definition) is 1. The van der Waals surface area contributed by atoms with E-state index >= 15 is 0 Å². The minimum absolute atomic E-state index is 0.113. The maximum absolute atomic E-state index is 12.8. The fourth-order valence-corrected chi connectivity index (χ4v) is 4.18. The van der Waals surface area contributed by atoms with E-state index in [0.717, 1.165) is 19.3 Å². The van der Waals surface area contributed by atoms with Gasteiger partial charge in [0, 0.05) is 19.1 Å². The maximum Gasteiger partial charge on any atom is 0.393 e. The van der Waals surface area contributed by atoms with Crippen LogP contribution in [0.3, 0.4) is 0 Å². The van der Waals surface area contributed by atoms with Crippen LogP contribution in [0.5, 0.6) is 0 Å². The van der Waals surface area contributed by atoms with Crippen molar-refractivity contribution in [3.8, 4) is 0 Å². The Kier molecular flexibility index (Phi) is 4.17. The molecule has 120 valence electrons. The summed E-state index contributed by atoms with van der Waals surface area (Å²) in [5, 5.41) is 3.37. The van der Waals surface area contributed by atoms with Crippen LogP contribution in [0.1, 0.15) is 44.9 Å². The largest absolute Gasteiger partial charge is 0.393 e. The highest BCUT2D eigenvalue weighted by atomic mass is 19.4. The minimum atomic E-state index is -4.18. The van der Waals surface area contributed by atoms with Gasteiger partial charge in [-0.25, -0.2) is 0 Å². The van der Waals surface area contributed by atoms with Crippen LogP contribution < -0.4 is 5.32 Å². The van der Waals surface area contributed by atoms with E-state index < -0.39 is 12.1 Å². The van der Waals surface area contributed by atoms with Crippen LogP contribution in [0, 0.1) is 11.8 Å². The highest BCUT2D eigenvalue weighted by Crippen LogP contribution is 2.36. The average molecular weight is 304 g/mol. The molecule has 3 nitrogen and oxygen atoms in total. The van der Waals surface area contributed by atoms with Gasteiger partial charge in [-0.05, 0) is 38.0 Å². The van der Waals surface area contributed by atoms with Gasteiger partial charge >= 0.3 is 6.18 Å². The van der Waals surface area contributed by atoms with Crippen molar-refractivity contribution in [1.82, 2.24) is 10.2 Å². The number of carbonyl (C=O) groups excluding carboxylic acids is 1. The molecule has 2 aliphatic heterocycles. The number of nitrogens with zero attached hydrogens (tertiary/aromatic N) is 1. The molecule has 4 unspecified atom stereocenters. The van der Waals surface area contributed by atoms with E-state index in [0.29, 0.717) is 24.9 Å². The molecule has 1 amide bonds. The summed E-state index contributed by atoms with van der Waals surface area (Å²) in [6.07, 6.45) is 1.86. The molecule has 0 spiro atoms. The molecule has 1 aliphatic carbocycles. The molecule has 4 atom stereocenters. The van der Waals surface area contributed by atoms with Gasteiger partial charge in [0.2, 0.25) is 5.91 Å². The molecular formula is C15H23F3N2O. The Balaban J connectivity index is 1.60. The lowest BCUT2D eigenvalue weighted by atomic mass is 9.85. The van der Waals surface area contributed by atoms with E-state index in [2.05, 4.69) is 5.32 Å². The van der Waals surface area contributed by atoms with Crippen molar-refractivity contribution in [3.63, 3.8) is 0 Å². The zero-order valence-electron chi connectivity index (χ0n) is 12.2. The van der Waals surface area contributed by atoms with Crippen LogP contribution in [0.4, 0.5) is 13.2 Å². The first kappa shape index (κ1) is 15.1. The molecule has 3 rings (SSSR count). The van der Waals surface area contributed by atoms with Crippen LogP contribution in [0.15, 0.2) is 0 Å². The van der Waals surface area contributed by atoms with Gasteiger partial charge in [-0.15, -0.1) is 0 Å². The average Bonchev–Trinajstić information content (AvgIpc) is 2.89. The summed E-state index contributed by atoms with van der Waals surface area (Å²) in [6.45, 7) is 0.314. The van der Waals surface area contributed by atoms with Crippen molar-refractivity contribution in [3.05, 3.63) is 0 Å². The molecule has 21 heavy (non-hydrogen) atoms. The van der Waals surface area contributed by atoms with E-state index in [1.807, 2.05) is 0 Å². The Morgan fingerprint density at radius 2 is 1.86 bits per heavy atom. The molecule has 3 aliphatic rings. The van der Waals surface area contributed by atoms with Crippen molar-refractivity contribution < 1.29 is 18.0 Å². The lowest BCUT2D eigenvalue weighted by Gasteiger charge is -2.35. The van der Waals surface area contributed by atoms with Crippen molar-refractivity contribution in [1.29, 1.82) is 0 Å². The Morgan fingerprint density at radius 1 is 1.10 bits per heavy atom. The fourth-order valence-electron chi connectivity index (χ4n) is 4.18. The lowest BCUT2D eigenvalue weighted by Crippen LogP contribution is -2.51.